The van der Waals surface area contributed by atoms with E-state index in [9.17, 15) is 14.9 Å². The molecule has 8 nitrogen and oxygen atoms in total. The number of amides is 1. The van der Waals surface area contributed by atoms with E-state index in [-0.39, 0.29) is 24.6 Å². The van der Waals surface area contributed by atoms with Crippen molar-refractivity contribution in [3.05, 3.63) is 82.3 Å². The molecule has 0 unspecified atom stereocenters. The number of hydrogen-bond acceptors (Lipinski definition) is 6. The van der Waals surface area contributed by atoms with E-state index in [1.54, 1.807) is 19.2 Å². The number of methoxy groups -OCH3 is 1. The first-order valence-electron chi connectivity index (χ1n) is 8.50. The van der Waals surface area contributed by atoms with Gasteiger partial charge in [-0.3, -0.25) is 14.9 Å². The Morgan fingerprint density at radius 3 is 2.46 bits per heavy atom. The quantitative estimate of drug-likeness (QED) is 0.500. The van der Waals surface area contributed by atoms with E-state index in [4.69, 9.17) is 4.74 Å². The van der Waals surface area contributed by atoms with Crippen molar-refractivity contribution in [2.75, 3.05) is 7.11 Å². The molecule has 0 fully saturated rings. The third-order valence-corrected chi connectivity index (χ3v) is 4.09. The van der Waals surface area contributed by atoms with Gasteiger partial charge in [0.2, 0.25) is 5.91 Å². The summed E-state index contributed by atoms with van der Waals surface area (Å²) in [5, 5.41) is 13.5. The van der Waals surface area contributed by atoms with Crippen LogP contribution in [0, 0.1) is 10.1 Å². The summed E-state index contributed by atoms with van der Waals surface area (Å²) < 4.78 is 5.15. The van der Waals surface area contributed by atoms with Crippen LogP contribution >= 0.6 is 0 Å². The number of nitro benzene ring substituents is 1. The van der Waals surface area contributed by atoms with Gasteiger partial charge in [0.15, 0.2) is 0 Å². The van der Waals surface area contributed by atoms with Crippen molar-refractivity contribution < 1.29 is 14.5 Å². The molecule has 1 N–H and O–H groups in total. The Morgan fingerprint density at radius 2 is 1.82 bits per heavy atom. The molecule has 1 heterocycles. The molecule has 8 heteroatoms. The van der Waals surface area contributed by atoms with Gasteiger partial charge in [0, 0.05) is 17.7 Å². The summed E-state index contributed by atoms with van der Waals surface area (Å²) in [6.07, 6.45) is 1.59. The second-order valence-corrected chi connectivity index (χ2v) is 6.00. The maximum absolute atomic E-state index is 12.1. The summed E-state index contributed by atoms with van der Waals surface area (Å²) in [5.41, 5.74) is 3.04. The minimum absolute atomic E-state index is 0.00351. The smallest absolute Gasteiger partial charge is 0.269 e. The van der Waals surface area contributed by atoms with Gasteiger partial charge in [-0.1, -0.05) is 12.1 Å². The molecule has 0 saturated heterocycles. The maximum atomic E-state index is 12.1. The van der Waals surface area contributed by atoms with Crippen LogP contribution in [-0.4, -0.2) is 27.9 Å². The number of nitrogens with zero attached hydrogens (tertiary/aromatic N) is 3. The van der Waals surface area contributed by atoms with Crippen molar-refractivity contribution in [2.24, 2.45) is 0 Å². The van der Waals surface area contributed by atoms with Crippen LogP contribution in [0.4, 0.5) is 5.69 Å². The Kier molecular flexibility index (Phi) is 5.91. The highest BCUT2D eigenvalue weighted by atomic mass is 16.6. The maximum Gasteiger partial charge on any atom is 0.269 e. The number of non-ortho nitro benzene ring substituents is 1. The summed E-state index contributed by atoms with van der Waals surface area (Å²) in [6.45, 7) is 0.261. The summed E-state index contributed by atoms with van der Waals surface area (Å²) in [4.78, 5) is 30.8. The van der Waals surface area contributed by atoms with E-state index in [1.807, 2.05) is 30.3 Å². The molecule has 3 rings (SSSR count). The first-order valence-corrected chi connectivity index (χ1v) is 8.50. The van der Waals surface area contributed by atoms with Crippen LogP contribution in [0.15, 0.2) is 60.9 Å². The molecule has 0 aliphatic carbocycles. The predicted octanol–water partition coefficient (Wildman–Crippen LogP) is 2.92. The van der Waals surface area contributed by atoms with Crippen LogP contribution in [0.3, 0.4) is 0 Å². The number of nitro groups is 1. The normalized spacial score (nSPS) is 10.3. The van der Waals surface area contributed by atoms with Crippen LogP contribution in [0.25, 0.3) is 11.3 Å². The van der Waals surface area contributed by atoms with E-state index in [0.717, 1.165) is 17.0 Å². The van der Waals surface area contributed by atoms with Gasteiger partial charge in [-0.15, -0.1) is 0 Å². The number of nitrogens with one attached hydrogen (secondary N) is 1. The van der Waals surface area contributed by atoms with Gasteiger partial charge >= 0.3 is 0 Å². The minimum atomic E-state index is -0.473. The number of rotatable bonds is 7. The Labute approximate surface area is 161 Å². The molecule has 0 saturated carbocycles. The van der Waals surface area contributed by atoms with Gasteiger partial charge in [0.05, 0.1) is 36.4 Å². The number of benzene rings is 2. The summed E-state index contributed by atoms with van der Waals surface area (Å²) >= 11 is 0. The minimum Gasteiger partial charge on any atom is -0.497 e. The van der Waals surface area contributed by atoms with Gasteiger partial charge < -0.3 is 10.1 Å². The summed E-state index contributed by atoms with van der Waals surface area (Å²) in [6, 6.07) is 15.2. The van der Waals surface area contributed by atoms with E-state index in [2.05, 4.69) is 15.3 Å². The highest BCUT2D eigenvalue weighted by Crippen LogP contribution is 2.20. The van der Waals surface area contributed by atoms with Crippen LogP contribution in [0.2, 0.25) is 0 Å². The zero-order valence-corrected chi connectivity index (χ0v) is 15.2. The fourth-order valence-corrected chi connectivity index (χ4v) is 2.59. The lowest BCUT2D eigenvalue weighted by Gasteiger charge is -2.07. The Balaban J connectivity index is 1.59. The van der Waals surface area contributed by atoms with Crippen LogP contribution in [0.1, 0.15) is 11.3 Å². The first kappa shape index (κ1) is 19.0. The average molecular weight is 378 g/mol. The zero-order valence-electron chi connectivity index (χ0n) is 15.2. The number of carbonyl (C=O) groups is 1. The fraction of sp³-hybridized carbons (Fsp3) is 0.150. The monoisotopic (exact) mass is 378 g/mol. The molecule has 0 bridgehead atoms. The van der Waals surface area contributed by atoms with Crippen LogP contribution in [0.5, 0.6) is 5.75 Å². The third kappa shape index (κ3) is 4.88. The summed E-state index contributed by atoms with van der Waals surface area (Å²) in [7, 11) is 1.61. The molecule has 28 heavy (non-hydrogen) atoms. The highest BCUT2D eigenvalue weighted by Gasteiger charge is 2.08. The van der Waals surface area contributed by atoms with Gasteiger partial charge in [-0.2, -0.15) is 0 Å². The van der Waals surface area contributed by atoms with Crippen molar-refractivity contribution in [3.8, 4) is 17.0 Å². The van der Waals surface area contributed by atoms with Gasteiger partial charge in [0.1, 0.15) is 12.1 Å². The van der Waals surface area contributed by atoms with E-state index in [1.165, 1.54) is 18.5 Å². The molecule has 1 amide bonds. The molecular formula is C20H18N4O4. The lowest BCUT2D eigenvalue weighted by atomic mass is 10.1. The predicted molar refractivity (Wildman–Crippen MR) is 103 cm³/mol. The largest absolute Gasteiger partial charge is 0.497 e. The van der Waals surface area contributed by atoms with Gasteiger partial charge in [-0.05, 0) is 35.9 Å². The Bertz CT molecular complexity index is 972. The second-order valence-electron chi connectivity index (χ2n) is 6.00. The molecule has 0 aliphatic rings. The molecule has 0 aliphatic heterocycles. The topological polar surface area (TPSA) is 107 Å². The molecule has 0 radical (unpaired) electrons. The number of carbonyl (C=O) groups excluding carboxylic acids is 1. The third-order valence-electron chi connectivity index (χ3n) is 4.09. The lowest BCUT2D eigenvalue weighted by molar-refractivity contribution is -0.384. The van der Waals surface area contributed by atoms with E-state index < -0.39 is 4.92 Å². The highest BCUT2D eigenvalue weighted by molar-refractivity contribution is 5.78. The summed E-state index contributed by atoms with van der Waals surface area (Å²) in [5.74, 6) is 0.565. The number of hydrogen-bond donors (Lipinski definition) is 1. The number of ether oxygens (including phenoxy) is 1. The van der Waals surface area contributed by atoms with Crippen molar-refractivity contribution in [1.29, 1.82) is 0 Å². The average Bonchev–Trinajstić information content (AvgIpc) is 2.73. The second kappa shape index (κ2) is 8.72. The van der Waals surface area contributed by atoms with Gasteiger partial charge in [0.25, 0.3) is 5.69 Å². The first-order chi connectivity index (χ1) is 13.5. The SMILES string of the molecule is COc1ccc(-c2cc(CNC(=O)Cc3ccc([N+](=O)[O-])cc3)ncn2)cc1. The number of aromatic nitrogens is 2. The fourth-order valence-electron chi connectivity index (χ4n) is 2.59. The molecule has 0 atom stereocenters. The Hall–Kier alpha value is -3.81. The molecule has 0 spiro atoms. The lowest BCUT2D eigenvalue weighted by Crippen LogP contribution is -2.25. The Morgan fingerprint density at radius 1 is 1.11 bits per heavy atom. The van der Waals surface area contributed by atoms with Crippen molar-refractivity contribution >= 4 is 11.6 Å². The van der Waals surface area contributed by atoms with Gasteiger partial charge in [-0.25, -0.2) is 9.97 Å². The van der Waals surface area contributed by atoms with Crippen molar-refractivity contribution in [3.63, 3.8) is 0 Å². The standard InChI is InChI=1S/C20H18N4O4/c1-28-18-8-4-15(5-9-18)19-11-16(22-13-23-19)12-21-20(25)10-14-2-6-17(7-3-14)24(26)27/h2-9,11,13H,10,12H2,1H3,(H,21,25). The molecule has 2 aromatic carbocycles. The molecule has 142 valence electrons. The van der Waals surface area contributed by atoms with Crippen molar-refractivity contribution in [1.82, 2.24) is 15.3 Å². The van der Waals surface area contributed by atoms with Crippen LogP contribution in [-0.2, 0) is 17.8 Å². The molecule has 3 aromatic rings. The van der Waals surface area contributed by atoms with Crippen LogP contribution < -0.4 is 10.1 Å². The zero-order chi connectivity index (χ0) is 19.9. The molecular weight excluding hydrogens is 360 g/mol. The van der Waals surface area contributed by atoms with E-state index in [0.29, 0.717) is 11.3 Å². The molecule has 1 aromatic heterocycles. The van der Waals surface area contributed by atoms with E-state index >= 15 is 0 Å². The van der Waals surface area contributed by atoms with Crippen molar-refractivity contribution in [2.45, 2.75) is 13.0 Å².